The van der Waals surface area contributed by atoms with E-state index in [2.05, 4.69) is 36.8 Å². The molecule has 10 nitrogen and oxygen atoms in total. The van der Waals surface area contributed by atoms with Gasteiger partial charge in [0, 0.05) is 83.9 Å². The Kier molecular flexibility index (Phi) is 21.1. The summed E-state index contributed by atoms with van der Waals surface area (Å²) in [6.07, 6.45) is -8.79. The minimum absolute atomic E-state index is 0. The molecule has 372 valence electrons. The highest BCUT2D eigenvalue weighted by molar-refractivity contribution is 9.09. The summed E-state index contributed by atoms with van der Waals surface area (Å²) in [5.41, 5.74) is -0.392. The zero-order chi connectivity index (χ0) is 48.3. The number of amides is 2. The number of aliphatic hydroxyl groups is 2. The Balaban J connectivity index is 0.000000272. The number of fused-ring (bicyclic) bond motifs is 2. The van der Waals surface area contributed by atoms with Crippen LogP contribution in [0, 0.1) is 11.8 Å². The molecule has 0 aliphatic carbocycles. The lowest BCUT2D eigenvalue weighted by molar-refractivity contribution is -0.138. The number of hydrogen-bond acceptors (Lipinski definition) is 8. The first-order valence-corrected chi connectivity index (χ1v) is 22.7. The molecule has 5 N–H and O–H groups in total. The van der Waals surface area contributed by atoms with Gasteiger partial charge in [0.2, 0.25) is 0 Å². The summed E-state index contributed by atoms with van der Waals surface area (Å²) in [7, 11) is 0. The first kappa shape index (κ1) is 56.6. The topological polar surface area (TPSA) is 132 Å². The van der Waals surface area contributed by atoms with Crippen LogP contribution < -0.4 is 25.4 Å². The van der Waals surface area contributed by atoms with Gasteiger partial charge in [-0.05, 0) is 122 Å². The molecule has 0 spiro atoms. The van der Waals surface area contributed by atoms with E-state index in [0.29, 0.717) is 57.8 Å². The van der Waals surface area contributed by atoms with Crippen molar-refractivity contribution in [2.45, 2.75) is 38.3 Å². The number of likely N-dealkylation sites (tertiary alicyclic amines) is 1. The van der Waals surface area contributed by atoms with Crippen LogP contribution in [0.4, 0.5) is 26.3 Å². The third kappa shape index (κ3) is 15.5. The van der Waals surface area contributed by atoms with Crippen LogP contribution in [-0.4, -0.2) is 90.3 Å². The van der Waals surface area contributed by atoms with Crippen LogP contribution in [0.3, 0.4) is 0 Å². The largest absolute Gasteiger partial charge is 0.457 e. The molecule has 8 rings (SSSR count). The summed E-state index contributed by atoms with van der Waals surface area (Å²) in [4.78, 5) is 27.5. The Morgan fingerprint density at radius 3 is 1.41 bits per heavy atom. The van der Waals surface area contributed by atoms with Crippen molar-refractivity contribution < 1.29 is 55.6 Å². The maximum absolute atomic E-state index is 12.8. The average molecular weight is 1070 g/mol. The summed E-state index contributed by atoms with van der Waals surface area (Å²) in [5, 5.41) is 29.9. The second kappa shape index (κ2) is 25.7. The van der Waals surface area contributed by atoms with Gasteiger partial charge in [-0.25, -0.2) is 0 Å². The summed E-state index contributed by atoms with van der Waals surface area (Å²) in [5.74, 6) is 2.09. The minimum Gasteiger partial charge on any atom is -0.457 e. The normalized spacial score (nSPS) is 14.7. The Hall–Kier alpha value is -5.02. The molecular weight excluding hydrogens is 1010 g/mol. The van der Waals surface area contributed by atoms with Gasteiger partial charge in [0.05, 0.1) is 24.3 Å². The van der Waals surface area contributed by atoms with Gasteiger partial charge in [0.25, 0.3) is 11.8 Å². The molecule has 6 aromatic carbocycles. The van der Waals surface area contributed by atoms with Crippen molar-refractivity contribution in [2.75, 3.05) is 51.3 Å². The summed E-state index contributed by atoms with van der Waals surface area (Å²) < 4.78 is 88.1. The van der Waals surface area contributed by atoms with Crippen molar-refractivity contribution >= 4 is 76.3 Å². The molecule has 2 aliphatic heterocycles. The van der Waals surface area contributed by atoms with Gasteiger partial charge < -0.3 is 40.5 Å². The minimum atomic E-state index is -4.40. The molecule has 0 unspecified atom stereocenters. The van der Waals surface area contributed by atoms with Gasteiger partial charge in [-0.3, -0.25) is 9.59 Å². The molecule has 0 bridgehead atoms. The number of aliphatic hydroxyl groups excluding tert-OH is 2. The van der Waals surface area contributed by atoms with E-state index < -0.39 is 23.5 Å². The molecule has 2 amide bonds. The molecule has 2 fully saturated rings. The van der Waals surface area contributed by atoms with E-state index in [1.165, 1.54) is 24.3 Å². The molecule has 0 radical (unpaired) electrons. The number of hydrogen-bond donors (Lipinski definition) is 5. The third-order valence-corrected chi connectivity index (χ3v) is 11.8. The highest BCUT2D eigenvalue weighted by Gasteiger charge is 2.33. The Morgan fingerprint density at radius 2 is 1.06 bits per heavy atom. The molecule has 2 heterocycles. The van der Waals surface area contributed by atoms with Crippen LogP contribution >= 0.6 is 42.9 Å². The lowest BCUT2D eigenvalue weighted by Gasteiger charge is -2.42. The van der Waals surface area contributed by atoms with Gasteiger partial charge in [-0.1, -0.05) is 40.2 Å². The molecule has 2 aliphatic rings. The number of benzene rings is 6. The summed E-state index contributed by atoms with van der Waals surface area (Å²) in [6.45, 7) is 8.52. The Morgan fingerprint density at radius 1 is 0.652 bits per heavy atom. The predicted octanol–water partition coefficient (Wildman–Crippen LogP) is 10.3. The zero-order valence-electron chi connectivity index (χ0n) is 37.6. The van der Waals surface area contributed by atoms with E-state index in [4.69, 9.17) is 19.7 Å². The fraction of sp³-hybridized carbons (Fsp3) is 0.320. The maximum atomic E-state index is 12.8. The van der Waals surface area contributed by atoms with E-state index in [9.17, 15) is 35.9 Å². The number of halogens is 7. The van der Waals surface area contributed by atoms with Gasteiger partial charge in [-0.2, -0.15) is 53.3 Å². The van der Waals surface area contributed by atoms with Crippen LogP contribution in [0.25, 0.3) is 21.5 Å². The van der Waals surface area contributed by atoms with E-state index in [1.807, 2.05) is 26.0 Å². The SMILES string of the molecule is C[C@H](NC(=O)c1ccc2c(Oc3ccc(C(F)(F)F)cc3)cccc2c1)C1CN(CCO)C1.C[C@H](NC(=O)c1ccc2c(Oc3ccc(C(F)(F)F)cc3)cccc2c1)C1CNC1.OCCBr.S.S. The van der Waals surface area contributed by atoms with Crippen molar-refractivity contribution in [1.29, 1.82) is 0 Å². The number of alkyl halides is 7. The van der Waals surface area contributed by atoms with E-state index >= 15 is 0 Å². The van der Waals surface area contributed by atoms with Crippen LogP contribution in [-0.2, 0) is 12.4 Å². The highest BCUT2D eigenvalue weighted by atomic mass is 79.9. The molecule has 6 aromatic rings. The van der Waals surface area contributed by atoms with Crippen molar-refractivity contribution in [2.24, 2.45) is 11.8 Å². The van der Waals surface area contributed by atoms with Crippen molar-refractivity contribution in [3.8, 4) is 23.0 Å². The average Bonchev–Trinajstić information content (AvgIpc) is 3.26. The van der Waals surface area contributed by atoms with E-state index in [-0.39, 0.29) is 64.1 Å². The van der Waals surface area contributed by atoms with Crippen molar-refractivity contribution in [1.82, 2.24) is 20.9 Å². The molecule has 0 saturated carbocycles. The molecule has 2 atom stereocenters. The number of β-amino-alcohol motifs (C(OH)–C–C–N with tert-alkyl or cyclic N) is 1. The molecular formula is C50H55BrF6N4O6S2. The lowest BCUT2D eigenvalue weighted by Crippen LogP contribution is -2.56. The summed E-state index contributed by atoms with van der Waals surface area (Å²) >= 11 is 3.00. The highest BCUT2D eigenvalue weighted by Crippen LogP contribution is 2.36. The second-order valence-corrected chi connectivity index (χ2v) is 17.0. The first-order chi connectivity index (χ1) is 32.0. The van der Waals surface area contributed by atoms with Gasteiger partial charge >= 0.3 is 12.4 Å². The molecule has 19 heteroatoms. The zero-order valence-corrected chi connectivity index (χ0v) is 41.2. The number of ether oxygens (including phenoxy) is 2. The molecule has 2 saturated heterocycles. The third-order valence-electron chi connectivity index (χ3n) is 11.5. The maximum Gasteiger partial charge on any atom is 0.416 e. The van der Waals surface area contributed by atoms with Gasteiger partial charge in [-0.15, -0.1) is 0 Å². The lowest BCUT2D eigenvalue weighted by atomic mass is 9.92. The van der Waals surface area contributed by atoms with Crippen LogP contribution in [0.15, 0.2) is 121 Å². The number of rotatable bonds is 13. The predicted molar refractivity (Wildman–Crippen MR) is 270 cm³/mol. The van der Waals surface area contributed by atoms with Crippen molar-refractivity contribution in [3.05, 3.63) is 144 Å². The van der Waals surface area contributed by atoms with Gasteiger partial charge in [0.15, 0.2) is 0 Å². The summed E-state index contributed by atoms with van der Waals surface area (Å²) in [6, 6.07) is 30.5. The second-order valence-electron chi connectivity index (χ2n) is 16.2. The van der Waals surface area contributed by atoms with E-state index in [1.54, 1.807) is 60.7 Å². The van der Waals surface area contributed by atoms with Gasteiger partial charge in [0.1, 0.15) is 23.0 Å². The fourth-order valence-electron chi connectivity index (χ4n) is 7.38. The monoisotopic (exact) mass is 1060 g/mol. The number of carbonyl (C=O) groups excluding carboxylic acids is 2. The number of nitrogens with one attached hydrogen (secondary N) is 3. The van der Waals surface area contributed by atoms with Crippen molar-refractivity contribution in [3.63, 3.8) is 0 Å². The number of nitrogens with zero attached hydrogens (tertiary/aromatic N) is 1. The molecule has 0 aromatic heterocycles. The smallest absolute Gasteiger partial charge is 0.416 e. The fourth-order valence-corrected chi connectivity index (χ4v) is 7.38. The van der Waals surface area contributed by atoms with Crippen LogP contribution in [0.2, 0.25) is 0 Å². The van der Waals surface area contributed by atoms with Crippen LogP contribution in [0.1, 0.15) is 45.7 Å². The molecule has 69 heavy (non-hydrogen) atoms. The van der Waals surface area contributed by atoms with E-state index in [0.717, 1.165) is 72.0 Å². The number of carbonyl (C=O) groups is 2. The Bertz CT molecular complexity index is 2600. The quantitative estimate of drug-likeness (QED) is 0.0571. The standard InChI is InChI=1S/C25H25F3N2O3.C23H21F3N2O2.C2H5BrO.2H2S/c1-16(19-14-30(15-19)11-12-31)29-24(32)18-5-10-22-17(13-18)3-2-4-23(22)33-21-8-6-20(7-9-21)25(26,27)28;1-14(17-12-27-13-17)28-22(29)16-5-10-20-15(11-16)3-2-4-21(20)30-19-8-6-18(7-9-19)23(24,25)26;3-1-2-4;;/h2-10,13,16,19,31H,11-12,14-15H2,1H3,(H,29,32);2-11,14,17,27H,12-13H2,1H3,(H,28,29);4H,1-2H2;2*1H2/t16-;14-;;;/m00.../s1. The Labute approximate surface area is 418 Å². The first-order valence-electron chi connectivity index (χ1n) is 21.6. The van der Waals surface area contributed by atoms with Crippen LogP contribution in [0.5, 0.6) is 23.0 Å².